The van der Waals surface area contributed by atoms with Crippen molar-refractivity contribution in [3.05, 3.63) is 95.1 Å². The van der Waals surface area contributed by atoms with Crippen LogP contribution in [0.15, 0.2) is 72.8 Å². The van der Waals surface area contributed by atoms with Crippen molar-refractivity contribution in [2.24, 2.45) is 23.7 Å². The highest BCUT2D eigenvalue weighted by atomic mass is 16.1. The zero-order valence-corrected chi connectivity index (χ0v) is 31.9. The highest BCUT2D eigenvalue weighted by Crippen LogP contribution is 2.20. The van der Waals surface area contributed by atoms with Crippen molar-refractivity contribution >= 4 is 28.7 Å². The molecule has 3 aromatic carbocycles. The monoisotopic (exact) mass is 656 g/mol. The first-order valence-electron chi connectivity index (χ1n) is 17.9. The summed E-state index contributed by atoms with van der Waals surface area (Å²) in [6.07, 6.45) is 2.95. The number of benzene rings is 3. The van der Waals surface area contributed by atoms with Crippen LogP contribution >= 0.6 is 0 Å². The normalized spacial score (nSPS) is 11.0. The van der Waals surface area contributed by atoms with Crippen LogP contribution in [0, 0.1) is 23.7 Å². The smallest absolute Gasteiger partial charge is 0.165 e. The van der Waals surface area contributed by atoms with Crippen LogP contribution in [0.3, 0.4) is 0 Å². The van der Waals surface area contributed by atoms with Gasteiger partial charge in [-0.1, -0.05) is 104 Å². The lowest BCUT2D eigenvalue weighted by Gasteiger charge is -2.14. The molecule has 0 saturated heterocycles. The third-order valence-electron chi connectivity index (χ3n) is 7.01. The Morgan fingerprint density at radius 1 is 0.500 bits per heavy atom. The fourth-order valence-corrected chi connectivity index (χ4v) is 5.04. The Labute approximate surface area is 292 Å². The zero-order valence-electron chi connectivity index (χ0n) is 31.9. The second kappa shape index (κ2) is 22.0. The topological polar surface area (TPSA) is 75.3 Å². The highest BCUT2D eigenvalue weighted by Gasteiger charge is 2.13. The van der Waals surface area contributed by atoms with Crippen LogP contribution < -0.4 is 10.6 Å². The van der Waals surface area contributed by atoms with E-state index < -0.39 is 0 Å². The van der Waals surface area contributed by atoms with Gasteiger partial charge in [0, 0.05) is 59.4 Å². The maximum Gasteiger partial charge on any atom is 0.165 e. The van der Waals surface area contributed by atoms with Gasteiger partial charge < -0.3 is 10.6 Å². The van der Waals surface area contributed by atoms with Crippen molar-refractivity contribution in [2.75, 3.05) is 10.6 Å². The van der Waals surface area contributed by atoms with Crippen molar-refractivity contribution in [1.82, 2.24) is 0 Å². The molecule has 0 fully saturated rings. The number of ketones is 3. The molecule has 3 aromatic rings. The van der Waals surface area contributed by atoms with Gasteiger partial charge in [-0.2, -0.15) is 0 Å². The summed E-state index contributed by atoms with van der Waals surface area (Å²) in [6, 6.07) is 24.3. The molecule has 0 unspecified atom stereocenters. The van der Waals surface area contributed by atoms with Gasteiger partial charge in [0.15, 0.2) is 17.3 Å². The Morgan fingerprint density at radius 3 is 1.50 bits per heavy atom. The van der Waals surface area contributed by atoms with E-state index in [0.29, 0.717) is 55.0 Å². The lowest BCUT2D eigenvalue weighted by molar-refractivity contribution is 0.0959. The first-order valence-corrected chi connectivity index (χ1v) is 17.9. The van der Waals surface area contributed by atoms with E-state index in [1.54, 1.807) is 0 Å². The van der Waals surface area contributed by atoms with Crippen molar-refractivity contribution in [2.45, 2.75) is 121 Å². The van der Waals surface area contributed by atoms with E-state index in [1.807, 2.05) is 60.7 Å². The number of hydrogen-bond acceptors (Lipinski definition) is 5. The molecule has 0 spiro atoms. The number of rotatable bonds is 15. The molecule has 48 heavy (non-hydrogen) atoms. The molecule has 0 saturated carbocycles. The summed E-state index contributed by atoms with van der Waals surface area (Å²) < 4.78 is 0. The summed E-state index contributed by atoms with van der Waals surface area (Å²) in [5.41, 5.74) is 5.74. The van der Waals surface area contributed by atoms with Crippen molar-refractivity contribution in [1.29, 1.82) is 0 Å². The van der Waals surface area contributed by atoms with Crippen LogP contribution in [0.4, 0.5) is 11.4 Å². The quantitative estimate of drug-likeness (QED) is 0.159. The van der Waals surface area contributed by atoms with E-state index in [-0.39, 0.29) is 17.3 Å². The van der Waals surface area contributed by atoms with Crippen molar-refractivity contribution in [3.8, 4) is 0 Å². The molecular formula is C43H64N2O3. The maximum absolute atomic E-state index is 12.0. The Hall–Kier alpha value is -3.73. The third kappa shape index (κ3) is 18.0. The predicted molar refractivity (Wildman–Crippen MR) is 207 cm³/mol. The van der Waals surface area contributed by atoms with E-state index in [0.717, 1.165) is 34.5 Å². The van der Waals surface area contributed by atoms with Crippen LogP contribution in [0.2, 0.25) is 0 Å². The number of anilines is 2. The largest absolute Gasteiger partial charge is 0.383 e. The predicted octanol–water partition coefficient (Wildman–Crippen LogP) is 11.6. The van der Waals surface area contributed by atoms with Gasteiger partial charge in [-0.05, 0) is 87.6 Å². The van der Waals surface area contributed by atoms with Crippen LogP contribution in [0.25, 0.3) is 0 Å². The average molecular weight is 657 g/mol. The Bertz CT molecular complexity index is 1390. The molecule has 0 aromatic heterocycles. The van der Waals surface area contributed by atoms with E-state index in [9.17, 15) is 14.4 Å². The van der Waals surface area contributed by atoms with Crippen LogP contribution in [0.5, 0.6) is 0 Å². The molecule has 0 bridgehead atoms. The van der Waals surface area contributed by atoms with Gasteiger partial charge in [0.2, 0.25) is 0 Å². The minimum Gasteiger partial charge on any atom is -0.383 e. The SMILES string of the molecule is CC(C)CC(=O)c1ccc(CC(C)C)cc1.CC(C)CC(=O)c1cccc(NC(C)C)c1.CC(C)CC(=O)c1ccccc1NC(C)C. The minimum absolute atomic E-state index is 0.221. The number of carbonyl (C=O) groups is 3. The lowest BCUT2D eigenvalue weighted by atomic mass is 9.98. The minimum atomic E-state index is 0.221. The number of hydrogen-bond donors (Lipinski definition) is 2. The second-order valence-corrected chi connectivity index (χ2v) is 15.1. The summed E-state index contributed by atoms with van der Waals surface area (Å²) in [5.74, 6) is 2.61. The summed E-state index contributed by atoms with van der Waals surface area (Å²) >= 11 is 0. The molecular weight excluding hydrogens is 592 g/mol. The molecule has 5 nitrogen and oxygen atoms in total. The molecule has 0 aliphatic rings. The summed E-state index contributed by atoms with van der Waals surface area (Å²) in [7, 11) is 0. The Kier molecular flexibility index (Phi) is 19.4. The van der Waals surface area contributed by atoms with E-state index in [4.69, 9.17) is 0 Å². The first-order chi connectivity index (χ1) is 22.5. The Balaban J connectivity index is 0.000000360. The number of carbonyl (C=O) groups excluding carboxylic acids is 3. The van der Waals surface area contributed by atoms with Crippen molar-refractivity contribution in [3.63, 3.8) is 0 Å². The number of Topliss-reactive ketones (excluding diaryl/α,β-unsaturated/α-hetero) is 3. The van der Waals surface area contributed by atoms with Crippen molar-refractivity contribution < 1.29 is 14.4 Å². The maximum atomic E-state index is 12.0. The van der Waals surface area contributed by atoms with Gasteiger partial charge in [0.1, 0.15) is 0 Å². The fourth-order valence-electron chi connectivity index (χ4n) is 5.04. The van der Waals surface area contributed by atoms with Gasteiger partial charge in [-0.25, -0.2) is 0 Å². The first kappa shape index (κ1) is 42.3. The van der Waals surface area contributed by atoms with E-state index in [2.05, 4.69) is 106 Å². The van der Waals surface area contributed by atoms with Gasteiger partial charge in [-0.15, -0.1) is 0 Å². The molecule has 2 N–H and O–H groups in total. The Morgan fingerprint density at radius 2 is 1.00 bits per heavy atom. The number of nitrogens with one attached hydrogen (secondary N) is 2. The lowest BCUT2D eigenvalue weighted by Crippen LogP contribution is -2.14. The van der Waals surface area contributed by atoms with Crippen LogP contribution in [-0.2, 0) is 6.42 Å². The summed E-state index contributed by atoms with van der Waals surface area (Å²) in [4.78, 5) is 35.7. The molecule has 0 aliphatic heterocycles. The molecule has 264 valence electrons. The fraction of sp³-hybridized carbons (Fsp3) is 0.512. The highest BCUT2D eigenvalue weighted by molar-refractivity contribution is 6.01. The van der Waals surface area contributed by atoms with Crippen LogP contribution in [-0.4, -0.2) is 29.4 Å². The standard InChI is InChI=1S/C15H22O.2C14H21NO/c1-11(2)9-13-5-7-14(8-6-13)15(16)10-12(3)4;1-10(2)8-14(16)12-6-5-7-13(9-12)15-11(3)4;1-10(2)9-14(16)12-7-5-6-8-13(12)15-11(3)4/h5-8,11-12H,9-10H2,1-4H3;5-7,9-11,15H,8H2,1-4H3;5-8,10-11,15H,9H2,1-4H3. The molecule has 0 aliphatic carbocycles. The number of para-hydroxylation sites is 1. The second-order valence-electron chi connectivity index (χ2n) is 15.1. The van der Waals surface area contributed by atoms with E-state index >= 15 is 0 Å². The molecule has 0 radical (unpaired) electrons. The zero-order chi connectivity index (χ0) is 36.4. The van der Waals surface area contributed by atoms with E-state index in [1.165, 1.54) is 5.56 Å². The summed E-state index contributed by atoms with van der Waals surface area (Å²) in [6.45, 7) is 25.1. The van der Waals surface area contributed by atoms with Gasteiger partial charge in [0.05, 0.1) is 0 Å². The van der Waals surface area contributed by atoms with Crippen LogP contribution in [0.1, 0.15) is 139 Å². The molecule has 5 heteroatoms. The third-order valence-corrected chi connectivity index (χ3v) is 7.01. The molecule has 0 atom stereocenters. The van der Waals surface area contributed by atoms with Gasteiger partial charge in [0.25, 0.3) is 0 Å². The van der Waals surface area contributed by atoms with Gasteiger partial charge in [-0.3, -0.25) is 14.4 Å². The molecule has 0 heterocycles. The molecule has 3 rings (SSSR count). The average Bonchev–Trinajstić information content (AvgIpc) is 2.96. The van der Waals surface area contributed by atoms with Gasteiger partial charge >= 0.3 is 0 Å². The summed E-state index contributed by atoms with van der Waals surface area (Å²) in [5, 5.41) is 6.61. The molecule has 0 amide bonds.